The Bertz CT molecular complexity index is 888. The fourth-order valence-electron chi connectivity index (χ4n) is 2.30. The second kappa shape index (κ2) is 8.10. The van der Waals surface area contributed by atoms with E-state index < -0.39 is 5.82 Å². The Balaban J connectivity index is 2.00. The van der Waals surface area contributed by atoms with E-state index in [1.165, 1.54) is 18.2 Å². The van der Waals surface area contributed by atoms with Gasteiger partial charge in [-0.25, -0.2) is 9.37 Å². The van der Waals surface area contributed by atoms with Crippen LogP contribution in [0.1, 0.15) is 20.3 Å². The van der Waals surface area contributed by atoms with Gasteiger partial charge in [0.05, 0.1) is 11.4 Å². The molecule has 26 heavy (non-hydrogen) atoms. The maximum absolute atomic E-state index is 14.1. The lowest BCUT2D eigenvalue weighted by molar-refractivity contribution is 0.632. The topological polar surface area (TPSA) is 62.7 Å². The minimum absolute atomic E-state index is 0.207. The molecule has 0 aliphatic heterocycles. The molecule has 2 heterocycles. The molecule has 0 bridgehead atoms. The summed E-state index contributed by atoms with van der Waals surface area (Å²) in [5, 5.41) is 6.68. The first kappa shape index (κ1) is 18.1. The van der Waals surface area contributed by atoms with Crippen molar-refractivity contribution < 1.29 is 4.39 Å². The van der Waals surface area contributed by atoms with Gasteiger partial charge in [-0.15, -0.1) is 0 Å². The van der Waals surface area contributed by atoms with E-state index in [1.54, 1.807) is 18.5 Å². The van der Waals surface area contributed by atoms with Crippen molar-refractivity contribution in [1.29, 1.82) is 0 Å². The first-order valence-corrected chi connectivity index (χ1v) is 8.71. The van der Waals surface area contributed by atoms with Crippen molar-refractivity contribution >= 4 is 29.1 Å². The number of pyridine rings is 1. The Morgan fingerprint density at radius 3 is 2.62 bits per heavy atom. The Labute approximate surface area is 156 Å². The molecule has 0 unspecified atom stereocenters. The highest BCUT2D eigenvalue weighted by molar-refractivity contribution is 6.30. The molecule has 3 aromatic rings. The lowest BCUT2D eigenvalue weighted by Gasteiger charge is -2.15. The molecule has 2 N–H and O–H groups in total. The quantitative estimate of drug-likeness (QED) is 0.616. The van der Waals surface area contributed by atoms with Crippen molar-refractivity contribution in [1.82, 2.24) is 15.0 Å². The van der Waals surface area contributed by atoms with Crippen LogP contribution >= 0.6 is 11.6 Å². The molecule has 134 valence electrons. The summed E-state index contributed by atoms with van der Waals surface area (Å²) >= 11 is 5.97. The van der Waals surface area contributed by atoms with Gasteiger partial charge in [-0.2, -0.15) is 4.98 Å². The summed E-state index contributed by atoms with van der Waals surface area (Å²) < 4.78 is 14.1. The molecule has 0 spiro atoms. The highest BCUT2D eigenvalue weighted by Crippen LogP contribution is 2.26. The first-order chi connectivity index (χ1) is 12.5. The number of rotatable bonds is 6. The van der Waals surface area contributed by atoms with E-state index in [0.29, 0.717) is 22.5 Å². The summed E-state index contributed by atoms with van der Waals surface area (Å²) in [5.74, 6) is 0.535. The summed E-state index contributed by atoms with van der Waals surface area (Å²) in [6, 6.07) is 10.0. The molecule has 7 heteroatoms. The summed E-state index contributed by atoms with van der Waals surface area (Å²) in [6.07, 6.45) is 4.32. The fourth-order valence-corrected chi connectivity index (χ4v) is 2.47. The first-order valence-electron chi connectivity index (χ1n) is 8.33. The number of anilines is 3. The van der Waals surface area contributed by atoms with Crippen molar-refractivity contribution in [3.63, 3.8) is 0 Å². The number of aromatic nitrogens is 3. The lowest BCUT2D eigenvalue weighted by atomic mass is 10.2. The standard InChI is InChI=1S/C19H19ClFN5/c1-3-12(2)23-19-25-16(13-6-8-22-9-7-13)11-18(26-19)24-17-10-14(20)4-5-15(17)21/h4-12H,3H2,1-2H3,(H2,23,24,25,26)/t12-/m1/s1. The second-order valence-corrected chi connectivity index (χ2v) is 6.34. The van der Waals surface area contributed by atoms with Gasteiger partial charge < -0.3 is 10.6 Å². The lowest BCUT2D eigenvalue weighted by Crippen LogP contribution is -2.16. The van der Waals surface area contributed by atoms with Crippen molar-refractivity contribution in [3.8, 4) is 11.3 Å². The monoisotopic (exact) mass is 371 g/mol. The van der Waals surface area contributed by atoms with E-state index in [2.05, 4.69) is 32.5 Å². The SMILES string of the molecule is CC[C@@H](C)Nc1nc(Nc2cc(Cl)ccc2F)cc(-c2ccncc2)n1. The van der Waals surface area contributed by atoms with Crippen LogP contribution in [0.4, 0.5) is 21.8 Å². The Morgan fingerprint density at radius 2 is 1.88 bits per heavy atom. The zero-order valence-corrected chi connectivity index (χ0v) is 15.3. The van der Waals surface area contributed by atoms with Crippen LogP contribution in [0.2, 0.25) is 5.02 Å². The number of hydrogen-bond donors (Lipinski definition) is 2. The smallest absolute Gasteiger partial charge is 0.225 e. The van der Waals surface area contributed by atoms with Crippen LogP contribution < -0.4 is 10.6 Å². The van der Waals surface area contributed by atoms with Gasteiger partial charge in [-0.05, 0) is 43.7 Å². The van der Waals surface area contributed by atoms with Crippen molar-refractivity contribution in [2.75, 3.05) is 10.6 Å². The van der Waals surface area contributed by atoms with E-state index in [4.69, 9.17) is 11.6 Å². The number of benzene rings is 1. The van der Waals surface area contributed by atoms with Crippen molar-refractivity contribution in [2.45, 2.75) is 26.3 Å². The van der Waals surface area contributed by atoms with Gasteiger partial charge in [0.2, 0.25) is 5.95 Å². The summed E-state index contributed by atoms with van der Waals surface area (Å²) in [7, 11) is 0. The fraction of sp³-hybridized carbons (Fsp3) is 0.211. The van der Waals surface area contributed by atoms with Crippen LogP contribution in [-0.2, 0) is 0 Å². The average molecular weight is 372 g/mol. The van der Waals surface area contributed by atoms with Crippen molar-refractivity contribution in [2.24, 2.45) is 0 Å². The Hall–Kier alpha value is -2.73. The van der Waals surface area contributed by atoms with Gasteiger partial charge in [0.1, 0.15) is 11.6 Å². The normalized spacial score (nSPS) is 11.8. The Morgan fingerprint density at radius 1 is 1.12 bits per heavy atom. The third-order valence-electron chi connectivity index (χ3n) is 3.88. The molecule has 0 fully saturated rings. The minimum Gasteiger partial charge on any atom is -0.352 e. The van der Waals surface area contributed by atoms with Crippen molar-refractivity contribution in [3.05, 3.63) is 59.6 Å². The number of nitrogens with zero attached hydrogens (tertiary/aromatic N) is 3. The molecule has 5 nitrogen and oxygen atoms in total. The highest BCUT2D eigenvalue weighted by Gasteiger charge is 2.11. The van der Waals surface area contributed by atoms with E-state index in [0.717, 1.165) is 12.0 Å². The van der Waals surface area contributed by atoms with Gasteiger partial charge >= 0.3 is 0 Å². The van der Waals surface area contributed by atoms with Gasteiger partial charge in [0, 0.05) is 35.1 Å². The van der Waals surface area contributed by atoms with Crippen LogP contribution in [0.3, 0.4) is 0 Å². The average Bonchev–Trinajstić information content (AvgIpc) is 2.65. The summed E-state index contributed by atoms with van der Waals surface area (Å²) in [6.45, 7) is 4.12. The molecule has 0 amide bonds. The van der Waals surface area contributed by atoms with Crippen LogP contribution in [0.5, 0.6) is 0 Å². The number of halogens is 2. The van der Waals surface area contributed by atoms with E-state index in [1.807, 2.05) is 19.1 Å². The Kier molecular flexibility index (Phi) is 5.63. The van der Waals surface area contributed by atoms with Crippen LogP contribution in [0.25, 0.3) is 11.3 Å². The molecule has 0 saturated heterocycles. The molecule has 0 aliphatic carbocycles. The highest BCUT2D eigenvalue weighted by atomic mass is 35.5. The largest absolute Gasteiger partial charge is 0.352 e. The van der Waals surface area contributed by atoms with Gasteiger partial charge in [0.25, 0.3) is 0 Å². The molecule has 0 aliphatic rings. The summed E-state index contributed by atoms with van der Waals surface area (Å²) in [4.78, 5) is 13.0. The molecular formula is C19H19ClFN5. The number of nitrogens with one attached hydrogen (secondary N) is 2. The molecule has 0 radical (unpaired) electrons. The predicted octanol–water partition coefficient (Wildman–Crippen LogP) is 5.29. The third kappa shape index (κ3) is 4.46. The molecular weight excluding hydrogens is 353 g/mol. The zero-order chi connectivity index (χ0) is 18.5. The second-order valence-electron chi connectivity index (χ2n) is 5.90. The summed E-state index contributed by atoms with van der Waals surface area (Å²) in [5.41, 5.74) is 1.86. The minimum atomic E-state index is -0.407. The van der Waals surface area contributed by atoms with Gasteiger partial charge in [-0.1, -0.05) is 18.5 Å². The molecule has 2 aromatic heterocycles. The maximum atomic E-state index is 14.1. The van der Waals surface area contributed by atoms with E-state index >= 15 is 0 Å². The van der Waals surface area contributed by atoms with E-state index in [9.17, 15) is 4.39 Å². The van der Waals surface area contributed by atoms with E-state index in [-0.39, 0.29) is 11.7 Å². The number of hydrogen-bond acceptors (Lipinski definition) is 5. The van der Waals surface area contributed by atoms with Crippen LogP contribution in [0, 0.1) is 5.82 Å². The molecule has 0 saturated carbocycles. The molecule has 3 rings (SSSR count). The maximum Gasteiger partial charge on any atom is 0.225 e. The van der Waals surface area contributed by atoms with Crippen LogP contribution in [-0.4, -0.2) is 21.0 Å². The molecule has 1 atom stereocenters. The third-order valence-corrected chi connectivity index (χ3v) is 4.12. The van der Waals surface area contributed by atoms with Gasteiger partial charge in [0.15, 0.2) is 0 Å². The van der Waals surface area contributed by atoms with Gasteiger partial charge in [-0.3, -0.25) is 4.98 Å². The zero-order valence-electron chi connectivity index (χ0n) is 14.5. The molecule has 1 aromatic carbocycles. The van der Waals surface area contributed by atoms with Crippen LogP contribution in [0.15, 0.2) is 48.8 Å². The predicted molar refractivity (Wildman–Crippen MR) is 103 cm³/mol.